The van der Waals surface area contributed by atoms with Gasteiger partial charge >= 0.3 is 0 Å². The number of hydrogen-bond acceptors (Lipinski definition) is 4. The molecule has 34 heavy (non-hydrogen) atoms. The molecule has 0 saturated heterocycles. The predicted molar refractivity (Wildman–Crippen MR) is 134 cm³/mol. The first-order valence-electron chi connectivity index (χ1n) is 11.0. The second kappa shape index (κ2) is 9.19. The van der Waals surface area contributed by atoms with Gasteiger partial charge in [-0.3, -0.25) is 0 Å². The zero-order chi connectivity index (χ0) is 23.7. The van der Waals surface area contributed by atoms with Gasteiger partial charge in [0, 0.05) is 11.3 Å². The van der Waals surface area contributed by atoms with Crippen LogP contribution in [-0.2, 0) is 6.54 Å². The smallest absolute Gasteiger partial charge is 0.258 e. The summed E-state index contributed by atoms with van der Waals surface area (Å²) in [5, 5.41) is 8.23. The summed E-state index contributed by atoms with van der Waals surface area (Å²) >= 11 is 5.77. The molecule has 1 atom stereocenters. The molecule has 0 aliphatic carbocycles. The Balaban J connectivity index is 1.61. The maximum absolute atomic E-state index is 13.7. The van der Waals surface area contributed by atoms with Crippen molar-refractivity contribution in [2.24, 2.45) is 0 Å². The molecule has 1 aromatic heterocycles. The lowest BCUT2D eigenvalue weighted by molar-refractivity contribution is 0.396. The van der Waals surface area contributed by atoms with Crippen LogP contribution < -0.4 is 5.32 Å². The lowest BCUT2D eigenvalue weighted by Crippen LogP contribution is -2.45. The van der Waals surface area contributed by atoms with Gasteiger partial charge in [0.15, 0.2) is 5.11 Å². The van der Waals surface area contributed by atoms with Crippen LogP contribution in [0, 0.1) is 12.7 Å². The van der Waals surface area contributed by atoms with E-state index in [1.54, 1.807) is 12.1 Å². The third kappa shape index (κ3) is 4.22. The number of benzene rings is 3. The first-order chi connectivity index (χ1) is 16.5. The zero-order valence-corrected chi connectivity index (χ0v) is 19.6. The molecule has 5 rings (SSSR count). The van der Waals surface area contributed by atoms with E-state index in [4.69, 9.17) is 21.7 Å². The zero-order valence-electron chi connectivity index (χ0n) is 18.8. The van der Waals surface area contributed by atoms with Crippen LogP contribution in [0.4, 0.5) is 4.39 Å². The average molecular weight is 471 g/mol. The first kappa shape index (κ1) is 22.0. The Labute approximate surface area is 202 Å². The van der Waals surface area contributed by atoms with E-state index in [2.05, 4.69) is 29.5 Å². The van der Waals surface area contributed by atoms with Gasteiger partial charge in [0.2, 0.25) is 5.82 Å². The molecule has 1 N–H and O–H groups in total. The summed E-state index contributed by atoms with van der Waals surface area (Å²) in [6, 6.07) is 23.9. The van der Waals surface area contributed by atoms with Gasteiger partial charge in [-0.1, -0.05) is 71.9 Å². The minimum absolute atomic E-state index is 0.297. The Morgan fingerprint density at radius 2 is 1.68 bits per heavy atom. The van der Waals surface area contributed by atoms with E-state index in [0.717, 1.165) is 22.4 Å². The van der Waals surface area contributed by atoms with Crippen LogP contribution in [0.2, 0.25) is 0 Å². The number of nitrogens with one attached hydrogen (secondary N) is 1. The minimum Gasteiger partial charge on any atom is -0.351 e. The molecule has 0 spiro atoms. The number of rotatable bonds is 5. The minimum atomic E-state index is -0.356. The van der Waals surface area contributed by atoms with Crippen molar-refractivity contribution in [2.75, 3.05) is 0 Å². The van der Waals surface area contributed by atoms with Gasteiger partial charge in [-0.2, -0.15) is 4.98 Å². The molecule has 0 radical (unpaired) electrons. The Morgan fingerprint density at radius 1 is 0.971 bits per heavy atom. The Bertz CT molecular complexity index is 1360. The molecule has 0 bridgehead atoms. The van der Waals surface area contributed by atoms with Gasteiger partial charge in [0.1, 0.15) is 5.82 Å². The highest BCUT2D eigenvalue weighted by Crippen LogP contribution is 2.38. The van der Waals surface area contributed by atoms with Crippen molar-refractivity contribution < 1.29 is 8.91 Å². The summed E-state index contributed by atoms with van der Waals surface area (Å²) in [6.45, 7) is 4.69. The second-order valence-electron chi connectivity index (χ2n) is 8.23. The van der Waals surface area contributed by atoms with Gasteiger partial charge in [0.05, 0.1) is 18.2 Å². The van der Waals surface area contributed by atoms with Crippen LogP contribution >= 0.6 is 12.2 Å². The van der Waals surface area contributed by atoms with Gasteiger partial charge in [-0.05, 0) is 54.9 Å². The van der Waals surface area contributed by atoms with Crippen LogP contribution in [0.5, 0.6) is 0 Å². The number of halogens is 1. The standard InChI is InChI=1S/C27H23FN4OS/c1-17-8-6-7-11-21(17)16-32-18(2)23(24(29-27(32)34)19-12-14-22(28)15-13-19)26-30-25(31-33-26)20-9-4-3-5-10-20/h3-15,24H,16H2,1-2H3,(H,29,34). The van der Waals surface area contributed by atoms with Crippen molar-refractivity contribution in [3.8, 4) is 11.4 Å². The van der Waals surface area contributed by atoms with Crippen molar-refractivity contribution >= 4 is 22.9 Å². The topological polar surface area (TPSA) is 54.2 Å². The van der Waals surface area contributed by atoms with Gasteiger partial charge < -0.3 is 14.7 Å². The van der Waals surface area contributed by atoms with Gasteiger partial charge in [-0.25, -0.2) is 4.39 Å². The number of allylic oxidation sites excluding steroid dienone is 1. The summed E-state index contributed by atoms with van der Waals surface area (Å²) in [4.78, 5) is 6.75. The molecule has 1 aliphatic rings. The van der Waals surface area contributed by atoms with E-state index >= 15 is 0 Å². The van der Waals surface area contributed by atoms with Gasteiger partial charge in [0.25, 0.3) is 5.89 Å². The third-order valence-electron chi connectivity index (χ3n) is 6.08. The van der Waals surface area contributed by atoms with E-state index in [0.29, 0.717) is 23.4 Å². The Kier molecular flexibility index (Phi) is 5.94. The summed E-state index contributed by atoms with van der Waals surface area (Å²) < 4.78 is 19.4. The van der Waals surface area contributed by atoms with Crippen molar-refractivity contribution in [2.45, 2.75) is 26.4 Å². The molecular formula is C27H23FN4OS. The predicted octanol–water partition coefficient (Wildman–Crippen LogP) is 6.05. The molecule has 170 valence electrons. The van der Waals surface area contributed by atoms with Crippen LogP contribution in [0.3, 0.4) is 0 Å². The van der Waals surface area contributed by atoms with Crippen LogP contribution in [0.15, 0.2) is 89.1 Å². The maximum atomic E-state index is 13.7. The molecular weight excluding hydrogens is 447 g/mol. The summed E-state index contributed by atoms with van der Waals surface area (Å²) in [7, 11) is 0. The van der Waals surface area contributed by atoms with Gasteiger partial charge in [-0.15, -0.1) is 0 Å². The monoisotopic (exact) mass is 470 g/mol. The molecule has 2 heterocycles. The number of hydrogen-bond donors (Lipinski definition) is 1. The second-order valence-corrected chi connectivity index (χ2v) is 8.62. The molecule has 7 heteroatoms. The van der Waals surface area contributed by atoms with Crippen LogP contribution in [0.25, 0.3) is 17.0 Å². The highest BCUT2D eigenvalue weighted by molar-refractivity contribution is 7.80. The highest BCUT2D eigenvalue weighted by atomic mass is 32.1. The molecule has 5 nitrogen and oxygen atoms in total. The fourth-order valence-corrected chi connectivity index (χ4v) is 4.47. The third-order valence-corrected chi connectivity index (χ3v) is 6.42. The fourth-order valence-electron chi connectivity index (χ4n) is 4.15. The first-order valence-corrected chi connectivity index (χ1v) is 11.4. The SMILES string of the molecule is CC1=C(c2nc(-c3ccccc3)no2)C(c2ccc(F)cc2)NC(=S)N1Cc1ccccc1C. The molecule has 1 unspecified atom stereocenters. The molecule has 0 saturated carbocycles. The van der Waals surface area contributed by atoms with E-state index < -0.39 is 0 Å². The van der Waals surface area contributed by atoms with Crippen molar-refractivity contribution in [1.29, 1.82) is 0 Å². The molecule has 0 amide bonds. The Hall–Kier alpha value is -3.84. The van der Waals surface area contributed by atoms with Crippen molar-refractivity contribution in [1.82, 2.24) is 20.4 Å². The van der Waals surface area contributed by atoms with E-state index in [9.17, 15) is 4.39 Å². The maximum Gasteiger partial charge on any atom is 0.258 e. The fraction of sp³-hybridized carbons (Fsp3) is 0.148. The molecule has 1 aliphatic heterocycles. The summed E-state index contributed by atoms with van der Waals surface area (Å²) in [5.74, 6) is 0.609. The quantitative estimate of drug-likeness (QED) is 0.359. The number of aromatic nitrogens is 2. The van der Waals surface area contributed by atoms with Crippen molar-refractivity contribution in [3.63, 3.8) is 0 Å². The van der Waals surface area contributed by atoms with E-state index in [-0.39, 0.29) is 11.9 Å². The van der Waals surface area contributed by atoms with Crippen molar-refractivity contribution in [3.05, 3.63) is 113 Å². The van der Waals surface area contributed by atoms with Crippen LogP contribution in [-0.4, -0.2) is 20.2 Å². The van der Waals surface area contributed by atoms with Crippen LogP contribution in [0.1, 0.15) is 35.5 Å². The number of nitrogens with zero attached hydrogens (tertiary/aromatic N) is 3. The van der Waals surface area contributed by atoms with E-state index in [1.165, 1.54) is 23.3 Å². The molecule has 3 aromatic carbocycles. The number of thiocarbonyl (C=S) groups is 1. The average Bonchev–Trinajstić information content (AvgIpc) is 3.33. The lowest BCUT2D eigenvalue weighted by atomic mass is 9.94. The largest absolute Gasteiger partial charge is 0.351 e. The lowest BCUT2D eigenvalue weighted by Gasteiger charge is -2.37. The molecule has 4 aromatic rings. The summed E-state index contributed by atoms with van der Waals surface area (Å²) in [5.41, 5.74) is 5.79. The highest BCUT2D eigenvalue weighted by Gasteiger charge is 2.34. The summed E-state index contributed by atoms with van der Waals surface area (Å²) in [6.07, 6.45) is 0. The number of aryl methyl sites for hydroxylation is 1. The normalized spacial score (nSPS) is 16.0. The molecule has 0 fully saturated rings. The van der Waals surface area contributed by atoms with E-state index in [1.807, 2.05) is 54.3 Å². The Morgan fingerprint density at radius 3 is 2.41 bits per heavy atom.